The first kappa shape index (κ1) is 19.9. The molecule has 0 N–H and O–H groups in total. The zero-order valence-corrected chi connectivity index (χ0v) is 16.3. The molecule has 0 fully saturated rings. The summed E-state index contributed by atoms with van der Waals surface area (Å²) in [5, 5.41) is 0. The molecule has 0 amide bonds. The lowest BCUT2D eigenvalue weighted by Gasteiger charge is -2.06. The number of likely N-dealkylation sites (N-methyl/N-ethyl adjacent to an activating group) is 1. The van der Waals surface area contributed by atoms with Crippen LogP contribution in [0.15, 0.2) is 52.0 Å². The van der Waals surface area contributed by atoms with Crippen molar-refractivity contribution in [1.29, 1.82) is 0 Å². The summed E-state index contributed by atoms with van der Waals surface area (Å²) in [6.45, 7) is 5.30. The van der Waals surface area contributed by atoms with Crippen LogP contribution >= 0.6 is 15.9 Å². The third kappa shape index (κ3) is 8.87. The SMILES string of the molecule is C/C(=C\CN(C)C)CC/C=C(\C)CCC(=O)c1ccc(Br)cc1. The lowest BCUT2D eigenvalue weighted by molar-refractivity contribution is 0.0983. The lowest BCUT2D eigenvalue weighted by atomic mass is 10.0. The Labute approximate surface area is 149 Å². The molecule has 0 saturated heterocycles. The molecule has 3 heteroatoms. The van der Waals surface area contributed by atoms with E-state index in [1.54, 1.807) is 0 Å². The number of rotatable bonds is 9. The fourth-order valence-corrected chi connectivity index (χ4v) is 2.44. The first-order valence-corrected chi connectivity index (χ1v) is 8.92. The van der Waals surface area contributed by atoms with E-state index in [1.807, 2.05) is 24.3 Å². The van der Waals surface area contributed by atoms with Crippen molar-refractivity contribution in [3.63, 3.8) is 0 Å². The number of Topliss-reactive ketones (excluding diaryl/α,β-unsaturated/α-hetero) is 1. The first-order valence-electron chi connectivity index (χ1n) is 8.13. The van der Waals surface area contributed by atoms with Gasteiger partial charge in [0.2, 0.25) is 0 Å². The van der Waals surface area contributed by atoms with Crippen LogP contribution in [0, 0.1) is 0 Å². The van der Waals surface area contributed by atoms with Gasteiger partial charge in [-0.1, -0.05) is 51.4 Å². The van der Waals surface area contributed by atoms with Gasteiger partial charge in [0.1, 0.15) is 0 Å². The van der Waals surface area contributed by atoms with E-state index in [1.165, 1.54) is 11.1 Å². The van der Waals surface area contributed by atoms with Crippen LogP contribution in [0.3, 0.4) is 0 Å². The average molecular weight is 378 g/mol. The van der Waals surface area contributed by atoms with Crippen LogP contribution in [0.4, 0.5) is 0 Å². The summed E-state index contributed by atoms with van der Waals surface area (Å²) in [6.07, 6.45) is 8.11. The van der Waals surface area contributed by atoms with Crippen molar-refractivity contribution < 1.29 is 4.79 Å². The zero-order valence-electron chi connectivity index (χ0n) is 14.7. The molecule has 0 heterocycles. The van der Waals surface area contributed by atoms with Gasteiger partial charge in [-0.05, 0) is 59.3 Å². The molecule has 1 aromatic rings. The van der Waals surface area contributed by atoms with E-state index < -0.39 is 0 Å². The summed E-state index contributed by atoms with van der Waals surface area (Å²) in [5.74, 6) is 0.215. The smallest absolute Gasteiger partial charge is 0.163 e. The average Bonchev–Trinajstić information content (AvgIpc) is 2.51. The molecule has 2 nitrogen and oxygen atoms in total. The van der Waals surface area contributed by atoms with Gasteiger partial charge in [0, 0.05) is 23.0 Å². The molecule has 0 aromatic heterocycles. The van der Waals surface area contributed by atoms with E-state index in [2.05, 4.69) is 60.9 Å². The Balaban J connectivity index is 2.35. The van der Waals surface area contributed by atoms with Gasteiger partial charge < -0.3 is 4.90 Å². The van der Waals surface area contributed by atoms with Crippen LogP contribution in [0.25, 0.3) is 0 Å². The molecule has 0 bridgehead atoms. The van der Waals surface area contributed by atoms with Gasteiger partial charge in [-0.3, -0.25) is 4.79 Å². The van der Waals surface area contributed by atoms with Gasteiger partial charge in [-0.15, -0.1) is 0 Å². The summed E-state index contributed by atoms with van der Waals surface area (Å²) in [4.78, 5) is 14.3. The Bertz CT molecular complexity index is 556. The van der Waals surface area contributed by atoms with Crippen molar-refractivity contribution in [3.8, 4) is 0 Å². The van der Waals surface area contributed by atoms with Gasteiger partial charge in [0.05, 0.1) is 0 Å². The number of carbonyl (C=O) groups is 1. The Morgan fingerprint density at radius 3 is 2.22 bits per heavy atom. The van der Waals surface area contributed by atoms with Gasteiger partial charge in [0.15, 0.2) is 5.78 Å². The van der Waals surface area contributed by atoms with E-state index in [0.717, 1.165) is 35.8 Å². The number of nitrogens with zero attached hydrogens (tertiary/aromatic N) is 1. The molecule has 0 radical (unpaired) electrons. The van der Waals surface area contributed by atoms with Crippen LogP contribution in [-0.2, 0) is 0 Å². The van der Waals surface area contributed by atoms with Crippen molar-refractivity contribution in [2.24, 2.45) is 0 Å². The van der Waals surface area contributed by atoms with Crippen LogP contribution < -0.4 is 0 Å². The molecule has 23 heavy (non-hydrogen) atoms. The van der Waals surface area contributed by atoms with E-state index in [0.29, 0.717) is 6.42 Å². The fraction of sp³-hybridized carbons (Fsp3) is 0.450. The maximum Gasteiger partial charge on any atom is 0.163 e. The third-order valence-electron chi connectivity index (χ3n) is 3.75. The number of hydrogen-bond donors (Lipinski definition) is 0. The molecule has 0 atom stereocenters. The molecule has 0 unspecified atom stereocenters. The molecular formula is C20H28BrNO. The van der Waals surface area contributed by atoms with E-state index in [4.69, 9.17) is 0 Å². The molecule has 1 rings (SSSR count). The molecular weight excluding hydrogens is 350 g/mol. The second kappa shape index (κ2) is 10.6. The largest absolute Gasteiger partial charge is 0.306 e. The molecule has 126 valence electrons. The molecule has 0 aliphatic carbocycles. The van der Waals surface area contributed by atoms with Crippen LogP contribution in [-0.4, -0.2) is 31.3 Å². The molecule has 1 aromatic carbocycles. The predicted octanol–water partition coefficient (Wildman–Crippen LogP) is 5.65. The lowest BCUT2D eigenvalue weighted by Crippen LogP contribution is -2.10. The number of halogens is 1. The van der Waals surface area contributed by atoms with Crippen LogP contribution in [0.1, 0.15) is 49.9 Å². The summed E-state index contributed by atoms with van der Waals surface area (Å²) in [5.41, 5.74) is 3.52. The predicted molar refractivity (Wildman–Crippen MR) is 103 cm³/mol. The number of carbonyl (C=O) groups excluding carboxylic acids is 1. The summed E-state index contributed by atoms with van der Waals surface area (Å²) in [6, 6.07) is 7.59. The summed E-state index contributed by atoms with van der Waals surface area (Å²) < 4.78 is 1.00. The van der Waals surface area contributed by atoms with Gasteiger partial charge in [0.25, 0.3) is 0 Å². The quantitative estimate of drug-likeness (QED) is 0.409. The summed E-state index contributed by atoms with van der Waals surface area (Å²) >= 11 is 3.39. The Morgan fingerprint density at radius 1 is 1.00 bits per heavy atom. The second-order valence-corrected chi connectivity index (χ2v) is 7.25. The molecule has 0 spiro atoms. The number of benzene rings is 1. The molecule has 0 saturated carbocycles. The Hall–Kier alpha value is -1.19. The first-order chi connectivity index (χ1) is 10.9. The maximum absolute atomic E-state index is 12.1. The van der Waals surface area contributed by atoms with E-state index in [-0.39, 0.29) is 5.78 Å². The van der Waals surface area contributed by atoms with Gasteiger partial charge in [-0.2, -0.15) is 0 Å². The minimum absolute atomic E-state index is 0.215. The van der Waals surface area contributed by atoms with Crippen molar-refractivity contribution in [3.05, 3.63) is 57.6 Å². The van der Waals surface area contributed by atoms with Crippen LogP contribution in [0.5, 0.6) is 0 Å². The fourth-order valence-electron chi connectivity index (χ4n) is 2.18. The molecule has 0 aliphatic heterocycles. The van der Waals surface area contributed by atoms with E-state index >= 15 is 0 Å². The monoisotopic (exact) mass is 377 g/mol. The number of allylic oxidation sites excluding steroid dienone is 3. The van der Waals surface area contributed by atoms with Crippen molar-refractivity contribution in [1.82, 2.24) is 4.90 Å². The third-order valence-corrected chi connectivity index (χ3v) is 4.28. The minimum Gasteiger partial charge on any atom is -0.306 e. The summed E-state index contributed by atoms with van der Waals surface area (Å²) in [7, 11) is 4.16. The highest BCUT2D eigenvalue weighted by molar-refractivity contribution is 9.10. The Kier molecular flexibility index (Phi) is 9.12. The molecule has 0 aliphatic rings. The Morgan fingerprint density at radius 2 is 1.61 bits per heavy atom. The van der Waals surface area contributed by atoms with Crippen molar-refractivity contribution in [2.45, 2.75) is 39.5 Å². The highest BCUT2D eigenvalue weighted by atomic mass is 79.9. The normalized spacial score (nSPS) is 12.8. The van der Waals surface area contributed by atoms with Crippen LogP contribution in [0.2, 0.25) is 0 Å². The number of hydrogen-bond acceptors (Lipinski definition) is 2. The topological polar surface area (TPSA) is 20.3 Å². The highest BCUT2D eigenvalue weighted by Crippen LogP contribution is 2.15. The highest BCUT2D eigenvalue weighted by Gasteiger charge is 2.05. The van der Waals surface area contributed by atoms with Gasteiger partial charge >= 0.3 is 0 Å². The van der Waals surface area contributed by atoms with Gasteiger partial charge in [-0.25, -0.2) is 0 Å². The van der Waals surface area contributed by atoms with Crippen molar-refractivity contribution >= 4 is 21.7 Å². The number of ketones is 1. The zero-order chi connectivity index (χ0) is 17.2. The standard InChI is InChI=1S/C20H28BrNO/c1-16(6-5-7-17(2)14-15-22(3)4)8-13-20(23)18-9-11-19(21)12-10-18/h6,9-12,14H,5,7-8,13,15H2,1-4H3/b16-6+,17-14+. The minimum atomic E-state index is 0.215. The second-order valence-electron chi connectivity index (χ2n) is 6.33. The van der Waals surface area contributed by atoms with E-state index in [9.17, 15) is 4.79 Å². The maximum atomic E-state index is 12.1. The van der Waals surface area contributed by atoms with Crippen molar-refractivity contribution in [2.75, 3.05) is 20.6 Å².